The first-order valence-electron chi connectivity index (χ1n) is 14.8. The van der Waals surface area contributed by atoms with Crippen LogP contribution in [0.1, 0.15) is 30.0 Å². The van der Waals surface area contributed by atoms with Crippen molar-refractivity contribution in [1.29, 1.82) is 0 Å². The Hall–Kier alpha value is -4.05. The molecule has 0 bridgehead atoms. The molecule has 0 saturated heterocycles. The number of anilines is 1. The fraction of sp³-hybridized carbons (Fsp3) is 0.257. The van der Waals surface area contributed by atoms with E-state index in [0.29, 0.717) is 29.3 Å². The Morgan fingerprint density at radius 3 is 2.22 bits per heavy atom. The third-order valence-electron chi connectivity index (χ3n) is 7.37. The summed E-state index contributed by atoms with van der Waals surface area (Å²) < 4.78 is 34.7. The van der Waals surface area contributed by atoms with Gasteiger partial charge in [-0.1, -0.05) is 90.3 Å². The number of benzene rings is 4. The van der Waals surface area contributed by atoms with Crippen molar-refractivity contribution in [3.63, 3.8) is 0 Å². The molecular formula is C35H37Cl2N3O5S. The molecule has 0 saturated carbocycles. The van der Waals surface area contributed by atoms with E-state index in [2.05, 4.69) is 5.32 Å². The molecule has 0 unspecified atom stereocenters. The van der Waals surface area contributed by atoms with Gasteiger partial charge in [-0.3, -0.25) is 13.9 Å². The summed E-state index contributed by atoms with van der Waals surface area (Å²) in [7, 11) is -2.82. The number of carbonyl (C=O) groups excluding carboxylic acids is 2. The van der Waals surface area contributed by atoms with E-state index in [1.165, 1.54) is 36.3 Å². The highest BCUT2D eigenvalue weighted by molar-refractivity contribution is 7.92. The minimum atomic E-state index is -4.27. The second-order valence-corrected chi connectivity index (χ2v) is 13.5. The molecule has 1 N–H and O–H groups in total. The normalized spacial score (nSPS) is 11.8. The van der Waals surface area contributed by atoms with Gasteiger partial charge in [-0.2, -0.15) is 0 Å². The number of amides is 2. The molecule has 0 aliphatic rings. The smallest absolute Gasteiger partial charge is 0.264 e. The molecule has 0 radical (unpaired) electrons. The minimum Gasteiger partial charge on any atom is -0.495 e. The number of halogens is 2. The molecule has 242 valence electrons. The number of nitrogens with one attached hydrogen (secondary N) is 1. The lowest BCUT2D eigenvalue weighted by molar-refractivity contribution is -0.140. The van der Waals surface area contributed by atoms with Crippen LogP contribution in [0.15, 0.2) is 102 Å². The minimum absolute atomic E-state index is 0.000700. The van der Waals surface area contributed by atoms with Gasteiger partial charge in [0.2, 0.25) is 11.8 Å². The van der Waals surface area contributed by atoms with Crippen molar-refractivity contribution in [2.45, 2.75) is 44.2 Å². The van der Waals surface area contributed by atoms with Crippen molar-refractivity contribution in [2.24, 2.45) is 0 Å². The second kappa shape index (κ2) is 16.0. The fourth-order valence-corrected chi connectivity index (χ4v) is 6.80. The van der Waals surface area contributed by atoms with E-state index in [4.69, 9.17) is 27.9 Å². The Morgan fingerprint density at radius 1 is 0.891 bits per heavy atom. The lowest BCUT2D eigenvalue weighted by Crippen LogP contribution is -2.53. The Balaban J connectivity index is 1.82. The number of ether oxygens (including phenoxy) is 1. The molecule has 0 fully saturated rings. The van der Waals surface area contributed by atoms with Crippen molar-refractivity contribution >= 4 is 50.7 Å². The predicted molar refractivity (Wildman–Crippen MR) is 183 cm³/mol. The van der Waals surface area contributed by atoms with Gasteiger partial charge in [0.25, 0.3) is 10.0 Å². The highest BCUT2D eigenvalue weighted by Crippen LogP contribution is 2.32. The lowest BCUT2D eigenvalue weighted by atomic mass is 10.0. The Kier molecular flexibility index (Phi) is 12.1. The van der Waals surface area contributed by atoms with Gasteiger partial charge in [0.15, 0.2) is 0 Å². The summed E-state index contributed by atoms with van der Waals surface area (Å²) in [4.78, 5) is 29.7. The second-order valence-electron chi connectivity index (χ2n) is 10.8. The summed E-state index contributed by atoms with van der Waals surface area (Å²) >= 11 is 12.7. The van der Waals surface area contributed by atoms with Gasteiger partial charge in [-0.05, 0) is 66.9 Å². The molecule has 2 amide bonds. The first-order valence-corrected chi connectivity index (χ1v) is 17.0. The Bertz CT molecular complexity index is 1750. The first-order chi connectivity index (χ1) is 22.0. The topological polar surface area (TPSA) is 96.0 Å². The zero-order chi connectivity index (χ0) is 33.3. The molecule has 4 aromatic carbocycles. The van der Waals surface area contributed by atoms with E-state index < -0.39 is 28.5 Å². The number of hydrogen-bond acceptors (Lipinski definition) is 5. The molecule has 1 atom stereocenters. The van der Waals surface area contributed by atoms with Crippen molar-refractivity contribution in [2.75, 3.05) is 24.5 Å². The summed E-state index contributed by atoms with van der Waals surface area (Å²) in [5, 5.41) is 3.57. The number of aryl methyl sites for hydroxylation is 1. The van der Waals surface area contributed by atoms with Crippen LogP contribution >= 0.6 is 23.2 Å². The number of nitrogens with zero attached hydrogens (tertiary/aromatic N) is 2. The van der Waals surface area contributed by atoms with Crippen LogP contribution in [0.25, 0.3) is 0 Å². The molecule has 8 nitrogen and oxygen atoms in total. The molecule has 4 aromatic rings. The quantitative estimate of drug-likeness (QED) is 0.160. The summed E-state index contributed by atoms with van der Waals surface area (Å²) in [6, 6.07) is 26.3. The average Bonchev–Trinajstić information content (AvgIpc) is 3.04. The zero-order valence-electron chi connectivity index (χ0n) is 26.0. The van der Waals surface area contributed by atoms with E-state index in [9.17, 15) is 18.0 Å². The number of carbonyl (C=O) groups is 2. The Morgan fingerprint density at radius 2 is 1.59 bits per heavy atom. The number of methoxy groups -OCH3 is 1. The largest absolute Gasteiger partial charge is 0.495 e. The first kappa shape index (κ1) is 34.8. The van der Waals surface area contributed by atoms with Crippen molar-refractivity contribution < 1.29 is 22.7 Å². The van der Waals surface area contributed by atoms with Crippen molar-refractivity contribution in [1.82, 2.24) is 10.2 Å². The van der Waals surface area contributed by atoms with Crippen LogP contribution in [0.3, 0.4) is 0 Å². The molecular weight excluding hydrogens is 645 g/mol. The van der Waals surface area contributed by atoms with Crippen LogP contribution in [0.2, 0.25) is 10.0 Å². The van der Waals surface area contributed by atoms with Crippen molar-refractivity contribution in [3.8, 4) is 5.75 Å². The van der Waals surface area contributed by atoms with E-state index in [-0.39, 0.29) is 34.5 Å². The van der Waals surface area contributed by atoms with Gasteiger partial charge in [0.05, 0.1) is 22.7 Å². The summed E-state index contributed by atoms with van der Waals surface area (Å²) in [6.07, 6.45) is 0.911. The van der Waals surface area contributed by atoms with Crippen LogP contribution in [-0.2, 0) is 32.6 Å². The average molecular weight is 683 g/mol. The summed E-state index contributed by atoms with van der Waals surface area (Å²) in [6.45, 7) is 3.62. The maximum absolute atomic E-state index is 14.5. The highest BCUT2D eigenvalue weighted by Gasteiger charge is 2.34. The van der Waals surface area contributed by atoms with E-state index in [1.54, 1.807) is 42.5 Å². The van der Waals surface area contributed by atoms with Crippen LogP contribution < -0.4 is 14.4 Å². The van der Waals surface area contributed by atoms with Gasteiger partial charge < -0.3 is 15.0 Å². The van der Waals surface area contributed by atoms with Crippen LogP contribution in [0.5, 0.6) is 5.75 Å². The molecule has 0 aromatic heterocycles. The molecule has 11 heteroatoms. The van der Waals surface area contributed by atoms with E-state index in [1.807, 2.05) is 44.2 Å². The highest BCUT2D eigenvalue weighted by atomic mass is 35.5. The van der Waals surface area contributed by atoms with Crippen molar-refractivity contribution in [3.05, 3.63) is 124 Å². The van der Waals surface area contributed by atoms with Gasteiger partial charge in [0, 0.05) is 24.5 Å². The van der Waals surface area contributed by atoms with Gasteiger partial charge in [-0.15, -0.1) is 0 Å². The van der Waals surface area contributed by atoms with Crippen LogP contribution in [0.4, 0.5) is 5.69 Å². The number of rotatable bonds is 14. The predicted octanol–water partition coefficient (Wildman–Crippen LogP) is 6.67. The van der Waals surface area contributed by atoms with E-state index in [0.717, 1.165) is 15.4 Å². The molecule has 0 aliphatic heterocycles. The maximum atomic E-state index is 14.5. The summed E-state index contributed by atoms with van der Waals surface area (Å²) in [5.41, 5.74) is 2.57. The summed E-state index contributed by atoms with van der Waals surface area (Å²) in [5.74, 6) is -0.584. The monoisotopic (exact) mass is 681 g/mol. The van der Waals surface area contributed by atoms with E-state index >= 15 is 0 Å². The molecule has 0 heterocycles. The van der Waals surface area contributed by atoms with Crippen LogP contribution in [-0.4, -0.2) is 51.4 Å². The lowest BCUT2D eigenvalue weighted by Gasteiger charge is -2.34. The van der Waals surface area contributed by atoms with Crippen LogP contribution in [0, 0.1) is 6.92 Å². The fourth-order valence-electron chi connectivity index (χ4n) is 4.93. The standard InChI is InChI=1S/C35H37Cl2N3O5S/c1-4-19-38-35(42)32(21-26-9-6-5-7-10-26)39(23-27-11-8-12-28(36)20-27)34(41)24-40(29-15-18-33(45-3)31(37)22-29)46(43,44)30-16-13-25(2)14-17-30/h5-18,20,22,32H,4,19,21,23-24H2,1-3H3,(H,38,42)/t32-/m1/s1. The third kappa shape index (κ3) is 8.81. The zero-order valence-corrected chi connectivity index (χ0v) is 28.3. The molecule has 46 heavy (non-hydrogen) atoms. The maximum Gasteiger partial charge on any atom is 0.264 e. The molecule has 0 spiro atoms. The van der Waals surface area contributed by atoms with Gasteiger partial charge in [0.1, 0.15) is 18.3 Å². The third-order valence-corrected chi connectivity index (χ3v) is 9.69. The molecule has 4 rings (SSSR count). The number of sulfonamides is 1. The van der Waals surface area contributed by atoms with Gasteiger partial charge >= 0.3 is 0 Å². The number of hydrogen-bond donors (Lipinski definition) is 1. The van der Waals surface area contributed by atoms with Gasteiger partial charge in [-0.25, -0.2) is 8.42 Å². The molecule has 0 aliphatic carbocycles. The Labute approximate surface area is 280 Å². The SMILES string of the molecule is CCCNC(=O)[C@@H](Cc1ccccc1)N(Cc1cccc(Cl)c1)C(=O)CN(c1ccc(OC)c(Cl)c1)S(=O)(=O)c1ccc(C)cc1.